The van der Waals surface area contributed by atoms with Gasteiger partial charge in [-0.2, -0.15) is 0 Å². The van der Waals surface area contributed by atoms with Crippen LogP contribution in [-0.4, -0.2) is 23.6 Å². The first-order valence-corrected chi connectivity index (χ1v) is 8.22. The molecule has 2 fully saturated rings. The van der Waals surface area contributed by atoms with Crippen LogP contribution in [0.4, 0.5) is 0 Å². The van der Waals surface area contributed by atoms with E-state index < -0.39 is 5.60 Å². The van der Waals surface area contributed by atoms with Gasteiger partial charge in [0.25, 0.3) is 0 Å². The number of ether oxygens (including phenoxy) is 2. The minimum atomic E-state index is -0.438. The molecule has 0 radical (unpaired) electrons. The molecule has 22 heavy (non-hydrogen) atoms. The van der Waals surface area contributed by atoms with E-state index in [9.17, 15) is 9.59 Å². The van der Waals surface area contributed by atoms with Crippen LogP contribution in [0.15, 0.2) is 11.6 Å². The molecule has 3 aliphatic rings. The maximum absolute atomic E-state index is 11.8. The Morgan fingerprint density at radius 3 is 2.55 bits per heavy atom. The van der Waals surface area contributed by atoms with Gasteiger partial charge >= 0.3 is 11.9 Å². The number of rotatable bonds is 1. The number of carbonyl (C=O) groups is 2. The summed E-state index contributed by atoms with van der Waals surface area (Å²) in [5.74, 6) is -0.0351. The van der Waals surface area contributed by atoms with Crippen LogP contribution in [0.25, 0.3) is 0 Å². The Kier molecular flexibility index (Phi) is 3.25. The van der Waals surface area contributed by atoms with E-state index in [4.69, 9.17) is 9.47 Å². The minimum Gasteiger partial charge on any atom is -0.462 e. The van der Waals surface area contributed by atoms with Crippen molar-refractivity contribution in [1.82, 2.24) is 0 Å². The predicted octanol–water partition coefficient (Wildman–Crippen LogP) is 3.40. The van der Waals surface area contributed by atoms with E-state index >= 15 is 0 Å². The van der Waals surface area contributed by atoms with E-state index in [1.165, 1.54) is 6.92 Å². The van der Waals surface area contributed by atoms with Gasteiger partial charge in [0.1, 0.15) is 11.7 Å². The highest BCUT2D eigenvalue weighted by Gasteiger charge is 2.61. The SMILES string of the molecule is CC(=O)O[C@H]1CC[C@]2(C)C3=CC(=O)O[C@]3(C)CCC2C1(C)C. The van der Waals surface area contributed by atoms with Crippen LogP contribution in [0.2, 0.25) is 0 Å². The van der Waals surface area contributed by atoms with Crippen LogP contribution in [0.1, 0.15) is 60.3 Å². The molecule has 4 heteroatoms. The maximum Gasteiger partial charge on any atom is 0.331 e. The third-order valence-electron chi connectivity index (χ3n) is 6.41. The van der Waals surface area contributed by atoms with Crippen molar-refractivity contribution in [2.24, 2.45) is 16.7 Å². The van der Waals surface area contributed by atoms with Gasteiger partial charge in [0.15, 0.2) is 0 Å². The average Bonchev–Trinajstić information content (AvgIpc) is 2.69. The molecule has 2 saturated carbocycles. The van der Waals surface area contributed by atoms with Crippen molar-refractivity contribution in [2.45, 2.75) is 72.0 Å². The highest BCUT2D eigenvalue weighted by molar-refractivity contribution is 5.87. The number of esters is 2. The predicted molar refractivity (Wildman–Crippen MR) is 82.0 cm³/mol. The molecular formula is C18H26O4. The van der Waals surface area contributed by atoms with Crippen LogP contribution in [0.3, 0.4) is 0 Å². The molecule has 4 atom stereocenters. The Bertz CT molecular complexity index is 561. The molecule has 2 aliphatic carbocycles. The number of hydrogen-bond acceptors (Lipinski definition) is 4. The fourth-order valence-corrected chi connectivity index (χ4v) is 5.40. The van der Waals surface area contributed by atoms with Crippen LogP contribution >= 0.6 is 0 Å². The summed E-state index contributed by atoms with van der Waals surface area (Å²) in [5, 5.41) is 0. The minimum absolute atomic E-state index is 0.0499. The van der Waals surface area contributed by atoms with Crippen LogP contribution in [0, 0.1) is 16.7 Å². The van der Waals surface area contributed by atoms with Crippen molar-refractivity contribution in [1.29, 1.82) is 0 Å². The summed E-state index contributed by atoms with van der Waals surface area (Å²) < 4.78 is 11.2. The molecule has 0 spiro atoms. The second kappa shape index (κ2) is 4.59. The highest BCUT2D eigenvalue weighted by atomic mass is 16.6. The van der Waals surface area contributed by atoms with Crippen molar-refractivity contribution in [2.75, 3.05) is 0 Å². The second-order valence-corrected chi connectivity index (χ2v) is 8.18. The summed E-state index contributed by atoms with van der Waals surface area (Å²) in [6, 6.07) is 0. The van der Waals surface area contributed by atoms with Gasteiger partial charge in [-0.3, -0.25) is 4.79 Å². The molecule has 3 rings (SSSR count). The van der Waals surface area contributed by atoms with Crippen molar-refractivity contribution in [3.05, 3.63) is 11.6 Å². The summed E-state index contributed by atoms with van der Waals surface area (Å²) in [4.78, 5) is 23.3. The van der Waals surface area contributed by atoms with Crippen LogP contribution < -0.4 is 0 Å². The molecule has 1 heterocycles. The zero-order chi connectivity index (χ0) is 16.3. The second-order valence-electron chi connectivity index (χ2n) is 8.18. The summed E-state index contributed by atoms with van der Waals surface area (Å²) in [5.41, 5.74) is 0.550. The Morgan fingerprint density at radius 1 is 1.23 bits per heavy atom. The molecule has 0 N–H and O–H groups in total. The van der Waals surface area contributed by atoms with Gasteiger partial charge in [0.2, 0.25) is 0 Å². The van der Waals surface area contributed by atoms with Gasteiger partial charge in [0, 0.05) is 18.4 Å². The molecule has 4 nitrogen and oxygen atoms in total. The van der Waals surface area contributed by atoms with Crippen LogP contribution in [-0.2, 0) is 19.1 Å². The fraction of sp³-hybridized carbons (Fsp3) is 0.778. The first-order chi connectivity index (χ1) is 10.1. The Hall–Kier alpha value is -1.32. The van der Waals surface area contributed by atoms with Gasteiger partial charge in [-0.25, -0.2) is 4.79 Å². The number of fused-ring (bicyclic) bond motifs is 3. The number of hydrogen-bond donors (Lipinski definition) is 0. The van der Waals surface area contributed by atoms with Crippen molar-refractivity contribution < 1.29 is 19.1 Å². The fourth-order valence-electron chi connectivity index (χ4n) is 5.40. The van der Waals surface area contributed by atoms with Crippen molar-refractivity contribution in [3.63, 3.8) is 0 Å². The number of carbonyl (C=O) groups excluding carboxylic acids is 2. The lowest BCUT2D eigenvalue weighted by atomic mass is 9.47. The monoisotopic (exact) mass is 306 g/mol. The zero-order valence-corrected chi connectivity index (χ0v) is 14.2. The van der Waals surface area contributed by atoms with Gasteiger partial charge in [-0.05, 0) is 49.5 Å². The van der Waals surface area contributed by atoms with E-state index in [-0.39, 0.29) is 28.9 Å². The van der Waals surface area contributed by atoms with E-state index in [1.807, 2.05) is 6.92 Å². The molecule has 0 aromatic rings. The van der Waals surface area contributed by atoms with Crippen molar-refractivity contribution in [3.8, 4) is 0 Å². The van der Waals surface area contributed by atoms with Crippen LogP contribution in [0.5, 0.6) is 0 Å². The lowest BCUT2D eigenvalue weighted by Gasteiger charge is -2.59. The molecule has 0 bridgehead atoms. The van der Waals surface area contributed by atoms with E-state index in [2.05, 4.69) is 20.8 Å². The van der Waals surface area contributed by atoms with Gasteiger partial charge in [0.05, 0.1) is 0 Å². The molecule has 0 amide bonds. The molecule has 122 valence electrons. The lowest BCUT2D eigenvalue weighted by Crippen LogP contribution is -2.57. The van der Waals surface area contributed by atoms with Gasteiger partial charge in [-0.15, -0.1) is 0 Å². The third-order valence-corrected chi connectivity index (χ3v) is 6.41. The Labute approximate surface area is 132 Å². The average molecular weight is 306 g/mol. The third kappa shape index (κ3) is 2.03. The largest absolute Gasteiger partial charge is 0.462 e. The molecule has 1 aliphatic heterocycles. The maximum atomic E-state index is 11.8. The topological polar surface area (TPSA) is 52.6 Å². The summed E-state index contributed by atoms with van der Waals surface area (Å²) in [6.45, 7) is 10.2. The zero-order valence-electron chi connectivity index (χ0n) is 14.2. The van der Waals surface area contributed by atoms with E-state index in [0.29, 0.717) is 5.92 Å². The smallest absolute Gasteiger partial charge is 0.331 e. The Balaban J connectivity index is 1.98. The highest BCUT2D eigenvalue weighted by Crippen LogP contribution is 2.63. The van der Waals surface area contributed by atoms with E-state index in [0.717, 1.165) is 31.3 Å². The molecule has 1 unspecified atom stereocenters. The quantitative estimate of drug-likeness (QED) is 0.697. The van der Waals surface area contributed by atoms with Gasteiger partial charge in [-0.1, -0.05) is 20.8 Å². The Morgan fingerprint density at radius 2 is 1.91 bits per heavy atom. The lowest BCUT2D eigenvalue weighted by molar-refractivity contribution is -0.173. The normalized spacial score (nSPS) is 42.8. The summed E-state index contributed by atoms with van der Waals surface area (Å²) >= 11 is 0. The van der Waals surface area contributed by atoms with Gasteiger partial charge < -0.3 is 9.47 Å². The first kappa shape index (κ1) is 15.6. The van der Waals surface area contributed by atoms with E-state index in [1.54, 1.807) is 6.08 Å². The first-order valence-electron chi connectivity index (χ1n) is 8.22. The summed E-state index contributed by atoms with van der Waals surface area (Å²) in [7, 11) is 0. The molecular weight excluding hydrogens is 280 g/mol. The standard InChI is InChI=1S/C18H26O4/c1-11(19)21-14-7-8-17(4)12(16(14,2)3)6-9-18(5)13(17)10-15(20)22-18/h10,12,14H,6-9H2,1-5H3/t12?,14-,17-,18+/m0/s1. The molecule has 0 aromatic heterocycles. The summed E-state index contributed by atoms with van der Waals surface area (Å²) in [6.07, 6.45) is 5.27. The molecule has 0 saturated heterocycles. The molecule has 0 aromatic carbocycles. The van der Waals surface area contributed by atoms with Crippen molar-refractivity contribution >= 4 is 11.9 Å².